The summed E-state index contributed by atoms with van der Waals surface area (Å²) >= 11 is 0. The van der Waals surface area contributed by atoms with Crippen LogP contribution in [-0.4, -0.2) is 20.9 Å². The highest BCUT2D eigenvalue weighted by molar-refractivity contribution is 5.67. The van der Waals surface area contributed by atoms with E-state index in [1.807, 2.05) is 12.3 Å². The SMILES string of the molecule is CC1(C(CC(=O)O)n2cccn2)CCC1. The molecule has 15 heavy (non-hydrogen) atoms. The largest absolute Gasteiger partial charge is 0.481 e. The fourth-order valence-electron chi connectivity index (χ4n) is 2.36. The molecule has 82 valence electrons. The van der Waals surface area contributed by atoms with Crippen molar-refractivity contribution in [3.63, 3.8) is 0 Å². The lowest BCUT2D eigenvalue weighted by molar-refractivity contribution is -0.139. The summed E-state index contributed by atoms with van der Waals surface area (Å²) in [6.45, 7) is 2.16. The first-order valence-corrected chi connectivity index (χ1v) is 5.33. The van der Waals surface area contributed by atoms with Gasteiger partial charge in [0, 0.05) is 12.4 Å². The van der Waals surface area contributed by atoms with Crippen LogP contribution in [0.15, 0.2) is 18.5 Å². The Labute approximate surface area is 88.9 Å². The van der Waals surface area contributed by atoms with E-state index in [4.69, 9.17) is 5.11 Å². The van der Waals surface area contributed by atoms with Crippen LogP contribution in [0.4, 0.5) is 0 Å². The van der Waals surface area contributed by atoms with E-state index in [1.165, 1.54) is 6.42 Å². The van der Waals surface area contributed by atoms with Crippen molar-refractivity contribution in [3.05, 3.63) is 18.5 Å². The summed E-state index contributed by atoms with van der Waals surface area (Å²) in [7, 11) is 0. The molecule has 0 saturated heterocycles. The average Bonchev–Trinajstić information content (AvgIpc) is 2.62. The molecular formula is C11H16N2O2. The molecule has 1 heterocycles. The monoisotopic (exact) mass is 208 g/mol. The Balaban J connectivity index is 2.20. The number of aliphatic carboxylic acids is 1. The van der Waals surface area contributed by atoms with Gasteiger partial charge in [-0.2, -0.15) is 5.10 Å². The van der Waals surface area contributed by atoms with E-state index >= 15 is 0 Å². The summed E-state index contributed by atoms with van der Waals surface area (Å²) in [4.78, 5) is 10.9. The topological polar surface area (TPSA) is 55.1 Å². The second-order valence-corrected chi connectivity index (χ2v) is 4.61. The summed E-state index contributed by atoms with van der Waals surface area (Å²) in [5.74, 6) is -0.747. The third-order valence-corrected chi connectivity index (χ3v) is 3.51. The van der Waals surface area contributed by atoms with Crippen molar-refractivity contribution < 1.29 is 9.90 Å². The average molecular weight is 208 g/mol. The van der Waals surface area contributed by atoms with Gasteiger partial charge in [-0.3, -0.25) is 9.48 Å². The van der Waals surface area contributed by atoms with E-state index in [9.17, 15) is 4.79 Å². The third-order valence-electron chi connectivity index (χ3n) is 3.51. The Morgan fingerprint density at radius 2 is 2.40 bits per heavy atom. The lowest BCUT2D eigenvalue weighted by Crippen LogP contribution is -2.37. The van der Waals surface area contributed by atoms with E-state index < -0.39 is 5.97 Å². The molecule has 4 nitrogen and oxygen atoms in total. The number of carboxylic acids is 1. The van der Waals surface area contributed by atoms with Crippen molar-refractivity contribution in [2.75, 3.05) is 0 Å². The maximum absolute atomic E-state index is 10.9. The van der Waals surface area contributed by atoms with E-state index in [0.717, 1.165) is 12.8 Å². The highest BCUT2D eigenvalue weighted by Crippen LogP contribution is 2.50. The quantitative estimate of drug-likeness (QED) is 0.824. The second kappa shape index (κ2) is 3.68. The fourth-order valence-corrected chi connectivity index (χ4v) is 2.36. The minimum Gasteiger partial charge on any atom is -0.481 e. The molecule has 1 aromatic rings. The number of carbonyl (C=O) groups is 1. The van der Waals surface area contributed by atoms with E-state index in [-0.39, 0.29) is 17.9 Å². The van der Waals surface area contributed by atoms with E-state index in [2.05, 4.69) is 12.0 Å². The zero-order valence-electron chi connectivity index (χ0n) is 8.89. The van der Waals surface area contributed by atoms with Gasteiger partial charge in [0.15, 0.2) is 0 Å². The van der Waals surface area contributed by atoms with E-state index in [0.29, 0.717) is 0 Å². The number of aromatic nitrogens is 2. The molecule has 1 aliphatic carbocycles. The second-order valence-electron chi connectivity index (χ2n) is 4.61. The minimum atomic E-state index is -0.747. The summed E-state index contributed by atoms with van der Waals surface area (Å²) in [5, 5.41) is 13.1. The normalized spacial score (nSPS) is 20.6. The van der Waals surface area contributed by atoms with Crippen LogP contribution in [0.1, 0.15) is 38.6 Å². The molecule has 1 saturated carbocycles. The number of nitrogens with zero attached hydrogens (tertiary/aromatic N) is 2. The van der Waals surface area contributed by atoms with Gasteiger partial charge in [-0.05, 0) is 24.3 Å². The van der Waals surface area contributed by atoms with Crippen LogP contribution in [0.25, 0.3) is 0 Å². The summed E-state index contributed by atoms with van der Waals surface area (Å²) in [5.41, 5.74) is 0.115. The van der Waals surface area contributed by atoms with Gasteiger partial charge in [0.25, 0.3) is 0 Å². The van der Waals surface area contributed by atoms with Crippen LogP contribution in [0.3, 0.4) is 0 Å². The predicted molar refractivity (Wildman–Crippen MR) is 55.5 cm³/mol. The fraction of sp³-hybridized carbons (Fsp3) is 0.636. The van der Waals surface area contributed by atoms with Gasteiger partial charge in [0.05, 0.1) is 12.5 Å². The molecule has 0 aromatic carbocycles. The van der Waals surface area contributed by atoms with Crippen molar-refractivity contribution in [2.24, 2.45) is 5.41 Å². The standard InChI is InChI=1S/C11H16N2O2/c1-11(4-2-5-11)9(8-10(14)15)13-7-3-6-12-13/h3,6-7,9H,2,4-5,8H2,1H3,(H,14,15). The first-order chi connectivity index (χ1) is 7.12. The van der Waals surface area contributed by atoms with Gasteiger partial charge < -0.3 is 5.11 Å². The zero-order valence-corrected chi connectivity index (χ0v) is 8.89. The molecule has 2 rings (SSSR count). The van der Waals surface area contributed by atoms with Crippen LogP contribution in [0, 0.1) is 5.41 Å². The van der Waals surface area contributed by atoms with Crippen molar-refractivity contribution in [3.8, 4) is 0 Å². The van der Waals surface area contributed by atoms with Crippen LogP contribution >= 0.6 is 0 Å². The number of carboxylic acid groups (broad SMARTS) is 1. The number of hydrogen-bond acceptors (Lipinski definition) is 2. The molecule has 1 N–H and O–H groups in total. The molecular weight excluding hydrogens is 192 g/mol. The molecule has 1 unspecified atom stereocenters. The molecule has 0 aliphatic heterocycles. The molecule has 0 bridgehead atoms. The Morgan fingerprint density at radius 1 is 1.67 bits per heavy atom. The first kappa shape index (κ1) is 10.2. The van der Waals surface area contributed by atoms with Crippen molar-refractivity contribution in [1.82, 2.24) is 9.78 Å². The molecule has 1 atom stereocenters. The van der Waals surface area contributed by atoms with Gasteiger partial charge in [-0.15, -0.1) is 0 Å². The molecule has 0 spiro atoms. The Bertz CT molecular complexity index is 341. The highest BCUT2D eigenvalue weighted by Gasteiger charge is 2.41. The summed E-state index contributed by atoms with van der Waals surface area (Å²) < 4.78 is 1.80. The Hall–Kier alpha value is -1.32. The van der Waals surface area contributed by atoms with Crippen LogP contribution < -0.4 is 0 Å². The minimum absolute atomic E-state index is 0.00116. The molecule has 1 aliphatic rings. The first-order valence-electron chi connectivity index (χ1n) is 5.33. The predicted octanol–water partition coefficient (Wildman–Crippen LogP) is 2.09. The molecule has 4 heteroatoms. The Morgan fingerprint density at radius 3 is 2.80 bits per heavy atom. The van der Waals surface area contributed by atoms with Crippen LogP contribution in [-0.2, 0) is 4.79 Å². The van der Waals surface area contributed by atoms with Crippen molar-refractivity contribution in [1.29, 1.82) is 0 Å². The summed E-state index contributed by atoms with van der Waals surface area (Å²) in [6.07, 6.45) is 7.13. The van der Waals surface area contributed by atoms with Gasteiger partial charge in [-0.1, -0.05) is 13.3 Å². The maximum atomic E-state index is 10.9. The van der Waals surface area contributed by atoms with Crippen LogP contribution in [0.5, 0.6) is 0 Å². The van der Waals surface area contributed by atoms with Crippen LogP contribution in [0.2, 0.25) is 0 Å². The van der Waals surface area contributed by atoms with Crippen molar-refractivity contribution in [2.45, 2.75) is 38.6 Å². The zero-order chi connectivity index (χ0) is 10.9. The Kier molecular flexibility index (Phi) is 2.50. The number of rotatable bonds is 4. The van der Waals surface area contributed by atoms with E-state index in [1.54, 1.807) is 10.9 Å². The van der Waals surface area contributed by atoms with Crippen molar-refractivity contribution >= 4 is 5.97 Å². The maximum Gasteiger partial charge on any atom is 0.305 e. The highest BCUT2D eigenvalue weighted by atomic mass is 16.4. The lowest BCUT2D eigenvalue weighted by Gasteiger charge is -2.44. The summed E-state index contributed by atoms with van der Waals surface area (Å²) in [6, 6.07) is 1.84. The van der Waals surface area contributed by atoms with Gasteiger partial charge in [0.1, 0.15) is 0 Å². The molecule has 1 fully saturated rings. The van der Waals surface area contributed by atoms with Gasteiger partial charge >= 0.3 is 5.97 Å². The molecule has 0 amide bonds. The third kappa shape index (κ3) is 1.89. The van der Waals surface area contributed by atoms with Gasteiger partial charge in [0.2, 0.25) is 0 Å². The molecule has 1 aromatic heterocycles. The number of hydrogen-bond donors (Lipinski definition) is 1. The molecule has 0 radical (unpaired) electrons. The lowest BCUT2D eigenvalue weighted by atomic mass is 9.65. The smallest absolute Gasteiger partial charge is 0.305 e. The van der Waals surface area contributed by atoms with Gasteiger partial charge in [-0.25, -0.2) is 0 Å².